The number of fused-ring (bicyclic) bond motifs is 3. The van der Waals surface area contributed by atoms with Crippen LogP contribution in [0.15, 0.2) is 17.1 Å². The minimum Gasteiger partial charge on any atom is -0.269 e. The zero-order chi connectivity index (χ0) is 9.54. The van der Waals surface area contributed by atoms with Crippen LogP contribution in [0.3, 0.4) is 0 Å². The maximum Gasteiger partial charge on any atom is 0.258 e. The highest BCUT2D eigenvalue weighted by atomic mass is 32.1. The van der Waals surface area contributed by atoms with Gasteiger partial charge in [0.1, 0.15) is 0 Å². The number of aromatic nitrogens is 2. The van der Waals surface area contributed by atoms with Crippen molar-refractivity contribution in [3.8, 4) is 0 Å². The summed E-state index contributed by atoms with van der Waals surface area (Å²) in [5.41, 5.74) is 1.27. The average molecular weight is 206 g/mol. The maximum absolute atomic E-state index is 11.6. The lowest BCUT2D eigenvalue weighted by molar-refractivity contribution is 0.670. The van der Waals surface area contributed by atoms with Gasteiger partial charge in [-0.05, 0) is 25.7 Å². The summed E-state index contributed by atoms with van der Waals surface area (Å²) in [6.45, 7) is 0. The van der Waals surface area contributed by atoms with Crippen LogP contribution in [0.1, 0.15) is 23.4 Å². The number of rotatable bonds is 0. The Morgan fingerprint density at radius 3 is 3.14 bits per heavy atom. The van der Waals surface area contributed by atoms with Gasteiger partial charge in [-0.3, -0.25) is 9.20 Å². The molecule has 1 aliphatic carbocycles. The van der Waals surface area contributed by atoms with Gasteiger partial charge in [-0.15, -0.1) is 11.3 Å². The van der Waals surface area contributed by atoms with Gasteiger partial charge in [0, 0.05) is 22.8 Å². The SMILES string of the molecule is O=c1ccnc2sc3c(n12)CCCC3. The van der Waals surface area contributed by atoms with Crippen LogP contribution in [0, 0.1) is 0 Å². The van der Waals surface area contributed by atoms with E-state index in [1.54, 1.807) is 21.9 Å². The summed E-state index contributed by atoms with van der Waals surface area (Å²) in [5, 5.41) is 0. The first-order valence-electron chi connectivity index (χ1n) is 4.84. The van der Waals surface area contributed by atoms with Crippen LogP contribution in [0.25, 0.3) is 4.96 Å². The number of thiazole rings is 1. The molecule has 2 aromatic heterocycles. The number of aryl methyl sites for hydroxylation is 2. The number of nitrogens with zero attached hydrogens (tertiary/aromatic N) is 2. The highest BCUT2D eigenvalue weighted by molar-refractivity contribution is 7.17. The summed E-state index contributed by atoms with van der Waals surface area (Å²) in [7, 11) is 0. The molecular formula is C10H10N2OS. The standard InChI is InChI=1S/C10H10N2OS/c13-9-5-6-11-10-12(9)7-3-1-2-4-8(7)14-10/h5-6H,1-4H2. The first-order chi connectivity index (χ1) is 6.86. The van der Waals surface area contributed by atoms with Crippen molar-refractivity contribution in [2.45, 2.75) is 25.7 Å². The Bertz CT molecular complexity index is 541. The minimum absolute atomic E-state index is 0.0643. The van der Waals surface area contributed by atoms with Gasteiger partial charge in [-0.25, -0.2) is 4.98 Å². The molecule has 0 amide bonds. The smallest absolute Gasteiger partial charge is 0.258 e. The van der Waals surface area contributed by atoms with E-state index in [2.05, 4.69) is 4.98 Å². The molecule has 0 spiro atoms. The zero-order valence-electron chi connectivity index (χ0n) is 7.69. The molecule has 1 aliphatic rings. The molecule has 0 saturated carbocycles. The van der Waals surface area contributed by atoms with E-state index in [1.807, 2.05) is 0 Å². The summed E-state index contributed by atoms with van der Waals surface area (Å²) < 4.78 is 1.78. The number of hydrogen-bond acceptors (Lipinski definition) is 3. The van der Waals surface area contributed by atoms with E-state index in [1.165, 1.54) is 29.5 Å². The number of hydrogen-bond donors (Lipinski definition) is 0. The summed E-state index contributed by atoms with van der Waals surface area (Å²) in [5.74, 6) is 0. The predicted molar refractivity (Wildman–Crippen MR) is 56.0 cm³/mol. The fraction of sp³-hybridized carbons (Fsp3) is 0.400. The lowest BCUT2D eigenvalue weighted by Crippen LogP contribution is -2.15. The van der Waals surface area contributed by atoms with Crippen molar-refractivity contribution in [1.82, 2.24) is 9.38 Å². The first kappa shape index (κ1) is 8.17. The Labute approximate surface area is 85.0 Å². The van der Waals surface area contributed by atoms with Crippen LogP contribution >= 0.6 is 11.3 Å². The highest BCUT2D eigenvalue weighted by Gasteiger charge is 2.16. The summed E-state index contributed by atoms with van der Waals surface area (Å²) in [6.07, 6.45) is 6.18. The fourth-order valence-corrected chi connectivity index (χ4v) is 3.21. The summed E-state index contributed by atoms with van der Waals surface area (Å²) in [4.78, 5) is 18.1. The molecular weight excluding hydrogens is 196 g/mol. The molecule has 0 unspecified atom stereocenters. The Morgan fingerprint density at radius 1 is 1.36 bits per heavy atom. The van der Waals surface area contributed by atoms with E-state index in [-0.39, 0.29) is 5.56 Å². The largest absolute Gasteiger partial charge is 0.269 e. The van der Waals surface area contributed by atoms with Crippen LogP contribution in [0.5, 0.6) is 0 Å². The second kappa shape index (κ2) is 2.92. The predicted octanol–water partition coefficient (Wildman–Crippen LogP) is 1.63. The van der Waals surface area contributed by atoms with Gasteiger partial charge in [0.25, 0.3) is 5.56 Å². The summed E-state index contributed by atoms with van der Waals surface area (Å²) in [6, 6.07) is 1.54. The van der Waals surface area contributed by atoms with Crippen molar-refractivity contribution in [3.05, 3.63) is 33.2 Å². The van der Waals surface area contributed by atoms with Crippen molar-refractivity contribution in [3.63, 3.8) is 0 Å². The van der Waals surface area contributed by atoms with E-state index >= 15 is 0 Å². The van der Waals surface area contributed by atoms with E-state index in [4.69, 9.17) is 0 Å². The molecule has 0 atom stereocenters. The highest BCUT2D eigenvalue weighted by Crippen LogP contribution is 2.27. The van der Waals surface area contributed by atoms with Crippen molar-refractivity contribution in [2.24, 2.45) is 0 Å². The van der Waals surface area contributed by atoms with Crippen molar-refractivity contribution < 1.29 is 0 Å². The third kappa shape index (κ3) is 1.04. The van der Waals surface area contributed by atoms with Crippen molar-refractivity contribution in [1.29, 1.82) is 0 Å². The molecule has 72 valence electrons. The normalized spacial score (nSPS) is 15.7. The van der Waals surface area contributed by atoms with Crippen molar-refractivity contribution >= 4 is 16.3 Å². The van der Waals surface area contributed by atoms with Gasteiger partial charge in [-0.2, -0.15) is 0 Å². The monoisotopic (exact) mass is 206 g/mol. The Hall–Kier alpha value is -1.16. The molecule has 2 heterocycles. The van der Waals surface area contributed by atoms with Gasteiger partial charge in [0.15, 0.2) is 4.96 Å². The van der Waals surface area contributed by atoms with Crippen LogP contribution in [0.2, 0.25) is 0 Å². The minimum atomic E-state index is 0.0643. The first-order valence-corrected chi connectivity index (χ1v) is 5.66. The van der Waals surface area contributed by atoms with E-state index in [9.17, 15) is 4.79 Å². The van der Waals surface area contributed by atoms with Crippen LogP contribution < -0.4 is 5.56 Å². The van der Waals surface area contributed by atoms with E-state index in [0.717, 1.165) is 17.8 Å². The third-order valence-corrected chi connectivity index (χ3v) is 3.84. The van der Waals surface area contributed by atoms with E-state index < -0.39 is 0 Å². The molecule has 14 heavy (non-hydrogen) atoms. The average Bonchev–Trinajstić information content (AvgIpc) is 2.57. The van der Waals surface area contributed by atoms with Gasteiger partial charge in [0.2, 0.25) is 0 Å². The van der Waals surface area contributed by atoms with Gasteiger partial charge >= 0.3 is 0 Å². The Kier molecular flexibility index (Phi) is 1.70. The molecule has 0 fully saturated rings. The fourth-order valence-electron chi connectivity index (χ4n) is 2.03. The third-order valence-electron chi connectivity index (χ3n) is 2.69. The van der Waals surface area contributed by atoms with Crippen LogP contribution in [-0.2, 0) is 12.8 Å². The molecule has 0 N–H and O–H groups in total. The lowest BCUT2D eigenvalue weighted by Gasteiger charge is -2.09. The van der Waals surface area contributed by atoms with E-state index in [0.29, 0.717) is 0 Å². The van der Waals surface area contributed by atoms with Gasteiger partial charge in [0.05, 0.1) is 0 Å². The lowest BCUT2D eigenvalue weighted by atomic mass is 10.0. The second-order valence-corrected chi connectivity index (χ2v) is 4.64. The topological polar surface area (TPSA) is 34.4 Å². The quantitative estimate of drug-likeness (QED) is 0.656. The molecule has 0 saturated heterocycles. The molecule has 2 aromatic rings. The van der Waals surface area contributed by atoms with Crippen LogP contribution in [0.4, 0.5) is 0 Å². The Balaban J connectivity index is 2.44. The molecule has 0 bridgehead atoms. The summed E-state index contributed by atoms with van der Waals surface area (Å²) >= 11 is 1.67. The van der Waals surface area contributed by atoms with Gasteiger partial charge in [-0.1, -0.05) is 0 Å². The van der Waals surface area contributed by atoms with Crippen LogP contribution in [-0.4, -0.2) is 9.38 Å². The van der Waals surface area contributed by atoms with Crippen molar-refractivity contribution in [2.75, 3.05) is 0 Å². The molecule has 3 rings (SSSR count). The zero-order valence-corrected chi connectivity index (χ0v) is 8.51. The maximum atomic E-state index is 11.6. The Morgan fingerprint density at radius 2 is 2.21 bits per heavy atom. The second-order valence-electron chi connectivity index (χ2n) is 3.58. The molecule has 4 heteroatoms. The molecule has 0 aromatic carbocycles. The molecule has 0 radical (unpaired) electrons. The van der Waals surface area contributed by atoms with Gasteiger partial charge < -0.3 is 0 Å². The molecule has 0 aliphatic heterocycles. The molecule has 3 nitrogen and oxygen atoms in total.